The Morgan fingerprint density at radius 1 is 0.963 bits per heavy atom. The largest absolute Gasteiger partial charge is 0.490 e. The Balaban J connectivity index is 1.44. The molecule has 0 fully saturated rings. The number of furan rings is 1. The summed E-state index contributed by atoms with van der Waals surface area (Å²) in [5.74, 6) is -0.559. The minimum atomic E-state index is -0.512. The summed E-state index contributed by atoms with van der Waals surface area (Å²) in [4.78, 5) is 23.9. The van der Waals surface area contributed by atoms with E-state index in [0.717, 1.165) is 0 Å². The van der Waals surface area contributed by atoms with Crippen LogP contribution in [0.4, 0.5) is 10.1 Å². The summed E-state index contributed by atoms with van der Waals surface area (Å²) in [5.41, 5.74) is 0.861. The minimum absolute atomic E-state index is 0.0488. The number of hydrogen-bond acceptors (Lipinski definition) is 5. The van der Waals surface area contributed by atoms with Gasteiger partial charge in [0.25, 0.3) is 5.91 Å². The van der Waals surface area contributed by atoms with Crippen molar-refractivity contribution in [1.29, 1.82) is 0 Å². The van der Waals surface area contributed by atoms with E-state index in [0.29, 0.717) is 17.0 Å². The molecule has 0 unspecified atom stereocenters. The first-order chi connectivity index (χ1) is 13.1. The van der Waals surface area contributed by atoms with Gasteiger partial charge in [-0.15, -0.1) is 0 Å². The highest BCUT2D eigenvalue weighted by atomic mass is 19.1. The number of halogens is 1. The number of hydrogen-bond donors (Lipinski definition) is 1. The van der Waals surface area contributed by atoms with Crippen molar-refractivity contribution in [3.05, 3.63) is 84.1 Å². The van der Waals surface area contributed by atoms with Gasteiger partial charge in [-0.2, -0.15) is 0 Å². The molecular weight excluding hydrogens is 353 g/mol. The molecule has 1 N–H and O–H groups in total. The Morgan fingerprint density at radius 2 is 1.70 bits per heavy atom. The highest BCUT2D eigenvalue weighted by Crippen LogP contribution is 2.13. The van der Waals surface area contributed by atoms with E-state index in [4.69, 9.17) is 13.9 Å². The average molecular weight is 369 g/mol. The lowest BCUT2D eigenvalue weighted by Crippen LogP contribution is -2.13. The second-order valence-electron chi connectivity index (χ2n) is 5.45. The zero-order valence-electron chi connectivity index (χ0n) is 14.2. The zero-order valence-corrected chi connectivity index (χ0v) is 14.2. The Kier molecular flexibility index (Phi) is 5.84. The van der Waals surface area contributed by atoms with E-state index >= 15 is 0 Å². The molecule has 0 saturated carbocycles. The summed E-state index contributed by atoms with van der Waals surface area (Å²) in [6, 6.07) is 15.0. The van der Waals surface area contributed by atoms with Crippen LogP contribution in [0, 0.1) is 5.82 Å². The summed E-state index contributed by atoms with van der Waals surface area (Å²) in [6.07, 6.45) is 1.41. The van der Waals surface area contributed by atoms with E-state index in [1.165, 1.54) is 30.5 Å². The number of rotatable bonds is 7. The lowest BCUT2D eigenvalue weighted by molar-refractivity contribution is 0.0450. The number of benzene rings is 2. The third-order valence-electron chi connectivity index (χ3n) is 3.52. The fourth-order valence-corrected chi connectivity index (χ4v) is 2.20. The average Bonchev–Trinajstić information content (AvgIpc) is 3.22. The highest BCUT2D eigenvalue weighted by Gasteiger charge is 2.10. The molecule has 7 heteroatoms. The van der Waals surface area contributed by atoms with Crippen LogP contribution in [-0.4, -0.2) is 25.1 Å². The van der Waals surface area contributed by atoms with Gasteiger partial charge in [0.05, 0.1) is 11.8 Å². The second-order valence-corrected chi connectivity index (χ2v) is 5.45. The van der Waals surface area contributed by atoms with Crippen LogP contribution in [-0.2, 0) is 4.74 Å². The highest BCUT2D eigenvalue weighted by molar-refractivity contribution is 6.02. The number of nitrogens with one attached hydrogen (secondary N) is 1. The van der Waals surface area contributed by atoms with Crippen LogP contribution in [0.3, 0.4) is 0 Å². The van der Waals surface area contributed by atoms with E-state index in [2.05, 4.69) is 5.32 Å². The Bertz CT molecular complexity index is 889. The molecule has 0 spiro atoms. The van der Waals surface area contributed by atoms with Gasteiger partial charge in [0.2, 0.25) is 0 Å². The van der Waals surface area contributed by atoms with Gasteiger partial charge in [0.1, 0.15) is 24.8 Å². The van der Waals surface area contributed by atoms with Crippen molar-refractivity contribution < 1.29 is 27.9 Å². The molecule has 0 radical (unpaired) electrons. The lowest BCUT2D eigenvalue weighted by Gasteiger charge is -2.08. The molecule has 0 atom stereocenters. The number of anilines is 1. The van der Waals surface area contributed by atoms with Crippen LogP contribution >= 0.6 is 0 Å². The number of carbonyl (C=O) groups excluding carboxylic acids is 2. The normalized spacial score (nSPS) is 10.3. The van der Waals surface area contributed by atoms with Gasteiger partial charge < -0.3 is 19.2 Å². The van der Waals surface area contributed by atoms with Gasteiger partial charge in [-0.3, -0.25) is 4.79 Å². The summed E-state index contributed by atoms with van der Waals surface area (Å²) >= 11 is 0. The SMILES string of the molecule is O=C(OCCOc1ccc(F)cc1)c1ccc(NC(=O)c2ccco2)cc1. The van der Waals surface area contributed by atoms with Crippen LogP contribution in [0.5, 0.6) is 5.75 Å². The Hall–Kier alpha value is -3.61. The predicted molar refractivity (Wildman–Crippen MR) is 95.3 cm³/mol. The quantitative estimate of drug-likeness (QED) is 0.505. The van der Waals surface area contributed by atoms with E-state index in [-0.39, 0.29) is 30.7 Å². The first-order valence-electron chi connectivity index (χ1n) is 8.12. The maximum Gasteiger partial charge on any atom is 0.338 e. The fourth-order valence-electron chi connectivity index (χ4n) is 2.20. The van der Waals surface area contributed by atoms with E-state index < -0.39 is 5.97 Å². The van der Waals surface area contributed by atoms with Crippen LogP contribution in [0.15, 0.2) is 71.3 Å². The van der Waals surface area contributed by atoms with Crippen LogP contribution in [0.25, 0.3) is 0 Å². The number of ether oxygens (including phenoxy) is 2. The van der Waals surface area contributed by atoms with Gasteiger partial charge in [-0.25, -0.2) is 9.18 Å². The molecule has 0 aliphatic carbocycles. The molecule has 2 aromatic carbocycles. The van der Waals surface area contributed by atoms with Gasteiger partial charge in [0, 0.05) is 5.69 Å². The lowest BCUT2D eigenvalue weighted by atomic mass is 10.2. The molecule has 3 rings (SSSR count). The van der Waals surface area contributed by atoms with Crippen molar-refractivity contribution >= 4 is 17.6 Å². The zero-order chi connectivity index (χ0) is 19.1. The van der Waals surface area contributed by atoms with Gasteiger partial charge in [-0.05, 0) is 60.7 Å². The van der Waals surface area contributed by atoms with Gasteiger partial charge in [0.15, 0.2) is 5.76 Å². The van der Waals surface area contributed by atoms with Crippen molar-refractivity contribution in [3.8, 4) is 5.75 Å². The van der Waals surface area contributed by atoms with Crippen molar-refractivity contribution in [2.24, 2.45) is 0 Å². The van der Waals surface area contributed by atoms with E-state index in [1.807, 2.05) is 0 Å². The van der Waals surface area contributed by atoms with E-state index in [9.17, 15) is 14.0 Å². The molecule has 0 bridgehead atoms. The molecule has 1 amide bonds. The first-order valence-corrected chi connectivity index (χ1v) is 8.12. The monoisotopic (exact) mass is 369 g/mol. The minimum Gasteiger partial charge on any atom is -0.490 e. The smallest absolute Gasteiger partial charge is 0.338 e. The Morgan fingerprint density at radius 3 is 2.37 bits per heavy atom. The molecule has 0 saturated heterocycles. The first kappa shape index (κ1) is 18.2. The summed E-state index contributed by atoms with van der Waals surface area (Å²) in [5, 5.41) is 2.65. The molecule has 6 nitrogen and oxygen atoms in total. The molecule has 27 heavy (non-hydrogen) atoms. The topological polar surface area (TPSA) is 77.8 Å². The summed E-state index contributed by atoms with van der Waals surface area (Å²) < 4.78 is 28.2. The van der Waals surface area contributed by atoms with Crippen LogP contribution in [0.2, 0.25) is 0 Å². The molecule has 0 aliphatic rings. The van der Waals surface area contributed by atoms with Crippen LogP contribution < -0.4 is 10.1 Å². The van der Waals surface area contributed by atoms with Gasteiger partial charge >= 0.3 is 5.97 Å². The van der Waals surface area contributed by atoms with Crippen molar-refractivity contribution in [1.82, 2.24) is 0 Å². The number of amides is 1. The molecule has 0 aliphatic heterocycles. The van der Waals surface area contributed by atoms with E-state index in [1.54, 1.807) is 36.4 Å². The molecule has 138 valence electrons. The van der Waals surface area contributed by atoms with Crippen molar-refractivity contribution in [2.75, 3.05) is 18.5 Å². The summed E-state index contributed by atoms with van der Waals surface area (Å²) in [6.45, 7) is 0.196. The van der Waals surface area contributed by atoms with Crippen molar-refractivity contribution in [3.63, 3.8) is 0 Å². The molecular formula is C20H16FNO5. The maximum atomic E-state index is 12.8. The fraction of sp³-hybridized carbons (Fsp3) is 0.100. The molecule has 1 heterocycles. The van der Waals surface area contributed by atoms with Crippen LogP contribution in [0.1, 0.15) is 20.9 Å². The third kappa shape index (κ3) is 5.18. The number of esters is 1. The van der Waals surface area contributed by atoms with Crippen molar-refractivity contribution in [2.45, 2.75) is 0 Å². The Labute approximate surface area is 154 Å². The standard InChI is InChI=1S/C20H16FNO5/c21-15-5-9-17(10-6-15)25-12-13-27-20(24)14-3-7-16(8-4-14)22-19(23)18-2-1-11-26-18/h1-11H,12-13H2,(H,22,23). The summed E-state index contributed by atoms with van der Waals surface area (Å²) in [7, 11) is 0. The maximum absolute atomic E-state index is 12.8. The molecule has 3 aromatic rings. The predicted octanol–water partition coefficient (Wildman–Crippen LogP) is 3.91. The third-order valence-corrected chi connectivity index (χ3v) is 3.52. The number of carbonyl (C=O) groups is 2. The second kappa shape index (κ2) is 8.66. The van der Waals surface area contributed by atoms with Gasteiger partial charge in [-0.1, -0.05) is 0 Å². The molecule has 1 aromatic heterocycles.